The highest BCUT2D eigenvalue weighted by molar-refractivity contribution is 7.24. The molecule has 10 rings (SSSR count). The van der Waals surface area contributed by atoms with Gasteiger partial charge in [0.2, 0.25) is 0 Å². The standard InChI is InChI=1S/C48H32N2S/c1-3-14-34(15-4-1)39-21-9-11-23-42(39)49(43-25-13-19-35-16-7-8-20-40(35)43)38-29-26-33(27-30-38)37-28-31-45-46(32-37)51-48-47(36-17-5-2-6-18-36)41-22-10-12-24-44(41)50(45)48/h1-32H. The first-order chi connectivity index (χ1) is 25.3. The molecule has 0 N–H and O–H groups in total. The van der Waals surface area contributed by atoms with Crippen LogP contribution in [0.4, 0.5) is 17.1 Å². The SMILES string of the molecule is c1ccc(-c2ccccc2N(c2ccc(-c3ccc4c(c3)sc3c(-c5ccccc5)c5ccccc5n34)cc2)c2cccc3ccccc23)cc1. The Hall–Kier alpha value is -6.42. The Labute approximate surface area is 300 Å². The number of hydrogen-bond acceptors (Lipinski definition) is 2. The lowest BCUT2D eigenvalue weighted by Gasteiger charge is -2.29. The zero-order valence-corrected chi connectivity index (χ0v) is 28.6. The van der Waals surface area contributed by atoms with Crippen molar-refractivity contribution in [3.63, 3.8) is 0 Å². The molecule has 0 aliphatic rings. The summed E-state index contributed by atoms with van der Waals surface area (Å²) < 4.78 is 3.72. The molecule has 51 heavy (non-hydrogen) atoms. The Kier molecular flexibility index (Phi) is 7.04. The average Bonchev–Trinajstić information content (AvgIpc) is 3.73. The second-order valence-corrected chi connectivity index (χ2v) is 14.0. The van der Waals surface area contributed by atoms with Crippen LogP contribution in [0.25, 0.3) is 70.1 Å². The average molecular weight is 669 g/mol. The second kappa shape index (κ2) is 12.2. The van der Waals surface area contributed by atoms with Crippen LogP contribution in [0.2, 0.25) is 0 Å². The Morgan fingerprint density at radius 2 is 1.04 bits per heavy atom. The minimum absolute atomic E-state index is 1.11. The van der Waals surface area contributed by atoms with Crippen molar-refractivity contribution < 1.29 is 0 Å². The third kappa shape index (κ3) is 4.93. The molecule has 0 bridgehead atoms. The van der Waals surface area contributed by atoms with E-state index in [2.05, 4.69) is 203 Å². The van der Waals surface area contributed by atoms with Crippen molar-refractivity contribution in [1.29, 1.82) is 0 Å². The quantitative estimate of drug-likeness (QED) is 0.171. The van der Waals surface area contributed by atoms with Crippen LogP contribution in [0, 0.1) is 0 Å². The summed E-state index contributed by atoms with van der Waals surface area (Å²) >= 11 is 1.88. The predicted octanol–water partition coefficient (Wildman–Crippen LogP) is 13.9. The molecule has 0 atom stereocenters. The van der Waals surface area contributed by atoms with E-state index in [9.17, 15) is 0 Å². The van der Waals surface area contributed by atoms with Gasteiger partial charge in [-0.25, -0.2) is 0 Å². The molecule has 3 heteroatoms. The molecule has 0 amide bonds. The van der Waals surface area contributed by atoms with Gasteiger partial charge in [0.1, 0.15) is 4.83 Å². The van der Waals surface area contributed by atoms with Crippen LogP contribution in [-0.4, -0.2) is 4.40 Å². The fourth-order valence-electron chi connectivity index (χ4n) is 7.65. The number of benzene rings is 8. The van der Waals surface area contributed by atoms with Crippen LogP contribution >= 0.6 is 11.3 Å². The van der Waals surface area contributed by atoms with Crippen LogP contribution in [0.15, 0.2) is 194 Å². The molecule has 0 aliphatic carbocycles. The summed E-state index contributed by atoms with van der Waals surface area (Å²) in [4.78, 5) is 3.70. The van der Waals surface area contributed by atoms with Gasteiger partial charge in [-0.3, -0.25) is 4.40 Å². The minimum Gasteiger partial charge on any atom is -0.309 e. The summed E-state index contributed by atoms with van der Waals surface area (Å²) in [6.07, 6.45) is 0. The first-order valence-corrected chi connectivity index (χ1v) is 18.2. The minimum atomic E-state index is 1.11. The largest absolute Gasteiger partial charge is 0.309 e. The van der Waals surface area contributed by atoms with Gasteiger partial charge in [-0.15, -0.1) is 11.3 Å². The molecule has 0 fully saturated rings. The fourth-order valence-corrected chi connectivity index (χ4v) is 8.92. The second-order valence-electron chi connectivity index (χ2n) is 12.9. The summed E-state index contributed by atoms with van der Waals surface area (Å²) in [6, 6.07) is 70.2. The number of rotatable bonds is 6. The molecule has 0 spiro atoms. The highest BCUT2D eigenvalue weighted by atomic mass is 32.1. The molecule has 10 aromatic rings. The van der Waals surface area contributed by atoms with E-state index in [1.165, 1.54) is 70.1 Å². The van der Waals surface area contributed by atoms with E-state index in [0.29, 0.717) is 0 Å². The van der Waals surface area contributed by atoms with Crippen LogP contribution in [0.3, 0.4) is 0 Å². The monoisotopic (exact) mass is 668 g/mol. The van der Waals surface area contributed by atoms with Crippen LogP contribution < -0.4 is 4.90 Å². The number of aromatic nitrogens is 1. The molecule has 8 aromatic carbocycles. The number of para-hydroxylation sites is 2. The lowest BCUT2D eigenvalue weighted by atomic mass is 10.00. The van der Waals surface area contributed by atoms with E-state index >= 15 is 0 Å². The predicted molar refractivity (Wildman–Crippen MR) is 219 cm³/mol. The number of anilines is 3. The first-order valence-electron chi connectivity index (χ1n) is 17.4. The first kappa shape index (κ1) is 29.5. The van der Waals surface area contributed by atoms with Crippen molar-refractivity contribution in [2.24, 2.45) is 0 Å². The molecule has 240 valence electrons. The Morgan fingerprint density at radius 3 is 1.86 bits per heavy atom. The number of nitrogens with zero attached hydrogens (tertiary/aromatic N) is 2. The topological polar surface area (TPSA) is 7.65 Å². The third-order valence-electron chi connectivity index (χ3n) is 10.00. The highest BCUT2D eigenvalue weighted by Gasteiger charge is 2.20. The van der Waals surface area contributed by atoms with Gasteiger partial charge >= 0.3 is 0 Å². The molecule has 0 radical (unpaired) electrons. The summed E-state index contributed by atoms with van der Waals surface area (Å²) in [5.74, 6) is 0. The zero-order chi connectivity index (χ0) is 33.7. The normalized spacial score (nSPS) is 11.5. The summed E-state index contributed by atoms with van der Waals surface area (Å²) in [6.45, 7) is 0. The molecule has 0 saturated heterocycles. The molecule has 2 nitrogen and oxygen atoms in total. The molecule has 0 unspecified atom stereocenters. The Bertz CT molecular complexity index is 2840. The van der Waals surface area contributed by atoms with Crippen LogP contribution in [-0.2, 0) is 0 Å². The van der Waals surface area contributed by atoms with Gasteiger partial charge in [-0.05, 0) is 70.1 Å². The van der Waals surface area contributed by atoms with E-state index < -0.39 is 0 Å². The number of hydrogen-bond donors (Lipinski definition) is 0. The summed E-state index contributed by atoms with van der Waals surface area (Å²) in [5.41, 5.74) is 13.3. The maximum absolute atomic E-state index is 2.44. The number of fused-ring (bicyclic) bond motifs is 6. The fraction of sp³-hybridized carbons (Fsp3) is 0. The molecule has 2 aromatic heterocycles. The van der Waals surface area contributed by atoms with Crippen molar-refractivity contribution in [1.82, 2.24) is 4.40 Å². The van der Waals surface area contributed by atoms with Gasteiger partial charge in [-0.2, -0.15) is 0 Å². The molecule has 0 saturated carbocycles. The van der Waals surface area contributed by atoms with E-state index in [4.69, 9.17) is 0 Å². The molecule has 2 heterocycles. The highest BCUT2D eigenvalue weighted by Crippen LogP contribution is 2.45. The van der Waals surface area contributed by atoms with Gasteiger partial charge in [0.15, 0.2) is 0 Å². The zero-order valence-electron chi connectivity index (χ0n) is 27.8. The van der Waals surface area contributed by atoms with Crippen molar-refractivity contribution in [2.45, 2.75) is 0 Å². The lowest BCUT2D eigenvalue weighted by molar-refractivity contribution is 1.30. The van der Waals surface area contributed by atoms with Crippen LogP contribution in [0.1, 0.15) is 0 Å². The molecular formula is C48H32N2S. The van der Waals surface area contributed by atoms with E-state index in [1.54, 1.807) is 0 Å². The van der Waals surface area contributed by atoms with Crippen molar-refractivity contribution in [2.75, 3.05) is 4.90 Å². The van der Waals surface area contributed by atoms with E-state index in [-0.39, 0.29) is 0 Å². The third-order valence-corrected chi connectivity index (χ3v) is 11.1. The molecule has 0 aliphatic heterocycles. The maximum atomic E-state index is 2.44. The number of thiazole rings is 1. The smallest absolute Gasteiger partial charge is 0.109 e. The van der Waals surface area contributed by atoms with Gasteiger partial charge in [0.25, 0.3) is 0 Å². The Balaban J connectivity index is 1.10. The van der Waals surface area contributed by atoms with E-state index in [1.807, 2.05) is 11.3 Å². The lowest BCUT2D eigenvalue weighted by Crippen LogP contribution is -2.11. The van der Waals surface area contributed by atoms with Crippen molar-refractivity contribution in [3.05, 3.63) is 194 Å². The van der Waals surface area contributed by atoms with Gasteiger partial charge in [0, 0.05) is 27.6 Å². The van der Waals surface area contributed by atoms with Gasteiger partial charge < -0.3 is 4.90 Å². The van der Waals surface area contributed by atoms with Crippen molar-refractivity contribution >= 4 is 65.1 Å². The Morgan fingerprint density at radius 1 is 0.412 bits per heavy atom. The molecular weight excluding hydrogens is 637 g/mol. The van der Waals surface area contributed by atoms with E-state index in [0.717, 1.165) is 17.1 Å². The van der Waals surface area contributed by atoms with Gasteiger partial charge in [-0.1, -0.05) is 152 Å². The maximum Gasteiger partial charge on any atom is 0.109 e. The summed E-state index contributed by atoms with van der Waals surface area (Å²) in [5, 5.41) is 3.73. The van der Waals surface area contributed by atoms with Crippen LogP contribution in [0.5, 0.6) is 0 Å². The van der Waals surface area contributed by atoms with Gasteiger partial charge in [0.05, 0.1) is 27.1 Å². The van der Waals surface area contributed by atoms with Crippen molar-refractivity contribution in [3.8, 4) is 33.4 Å². The summed E-state index contributed by atoms with van der Waals surface area (Å²) in [7, 11) is 0.